The quantitative estimate of drug-likeness (QED) is 0.844. The summed E-state index contributed by atoms with van der Waals surface area (Å²) < 4.78 is 0.997. The number of hydrogen-bond donors (Lipinski definition) is 1. The second-order valence-electron chi connectivity index (χ2n) is 4.72. The van der Waals surface area contributed by atoms with Crippen LogP contribution in [0.15, 0.2) is 22.7 Å². The summed E-state index contributed by atoms with van der Waals surface area (Å²) in [4.78, 5) is 2.32. The van der Waals surface area contributed by atoms with Crippen LogP contribution in [0.1, 0.15) is 38.3 Å². The Labute approximate surface area is 124 Å². The van der Waals surface area contributed by atoms with Crippen molar-refractivity contribution < 1.29 is 0 Å². The van der Waals surface area contributed by atoms with E-state index in [1.807, 2.05) is 12.1 Å². The Morgan fingerprint density at radius 2 is 2.11 bits per heavy atom. The van der Waals surface area contributed by atoms with Gasteiger partial charge >= 0.3 is 0 Å². The molecule has 0 aliphatic heterocycles. The van der Waals surface area contributed by atoms with Gasteiger partial charge in [-0.15, -0.1) is 0 Å². The van der Waals surface area contributed by atoms with Crippen molar-refractivity contribution >= 4 is 27.5 Å². The van der Waals surface area contributed by atoms with Gasteiger partial charge in [-0.25, -0.2) is 0 Å². The predicted octanol–water partition coefficient (Wildman–Crippen LogP) is 4.22. The molecule has 0 bridgehead atoms. The van der Waals surface area contributed by atoms with Gasteiger partial charge in [0.25, 0.3) is 0 Å². The highest BCUT2D eigenvalue weighted by Gasteiger charge is 2.21. The standard InChI is InChI=1S/C14H22BrClN2/c1-4-5-10(2)18(3)14(9-17)12-7-6-11(15)8-13(12)16/h6-8,10,14H,4-5,9,17H2,1-3H3. The molecule has 4 heteroatoms. The molecule has 1 aromatic rings. The lowest BCUT2D eigenvalue weighted by Crippen LogP contribution is -2.37. The molecule has 0 aliphatic carbocycles. The average Bonchev–Trinajstić information content (AvgIpc) is 2.32. The molecule has 0 spiro atoms. The van der Waals surface area contributed by atoms with E-state index in [1.54, 1.807) is 0 Å². The number of rotatable bonds is 6. The maximum Gasteiger partial charge on any atom is 0.0484 e. The van der Waals surface area contributed by atoms with Gasteiger partial charge in [-0.3, -0.25) is 4.90 Å². The zero-order valence-corrected chi connectivity index (χ0v) is 13.6. The fraction of sp³-hybridized carbons (Fsp3) is 0.571. The van der Waals surface area contributed by atoms with Crippen LogP contribution >= 0.6 is 27.5 Å². The summed E-state index contributed by atoms with van der Waals surface area (Å²) in [7, 11) is 2.12. The monoisotopic (exact) mass is 332 g/mol. The average molecular weight is 334 g/mol. The normalized spacial score (nSPS) is 14.8. The fourth-order valence-corrected chi connectivity index (χ4v) is 3.01. The van der Waals surface area contributed by atoms with E-state index < -0.39 is 0 Å². The number of hydrogen-bond acceptors (Lipinski definition) is 2. The highest BCUT2D eigenvalue weighted by Crippen LogP contribution is 2.30. The molecule has 102 valence electrons. The Hall–Kier alpha value is -0.0900. The van der Waals surface area contributed by atoms with Gasteiger partial charge in [-0.1, -0.05) is 46.9 Å². The molecular weight excluding hydrogens is 312 g/mol. The number of nitrogens with zero attached hydrogens (tertiary/aromatic N) is 1. The molecule has 0 amide bonds. The van der Waals surface area contributed by atoms with Gasteiger partial charge in [0.2, 0.25) is 0 Å². The van der Waals surface area contributed by atoms with E-state index in [-0.39, 0.29) is 6.04 Å². The van der Waals surface area contributed by atoms with Crippen LogP contribution in [0, 0.1) is 0 Å². The Morgan fingerprint density at radius 1 is 1.44 bits per heavy atom. The maximum atomic E-state index is 6.32. The van der Waals surface area contributed by atoms with Crippen molar-refractivity contribution in [2.75, 3.05) is 13.6 Å². The molecular formula is C14H22BrClN2. The Bertz CT molecular complexity index is 384. The third-order valence-electron chi connectivity index (χ3n) is 3.44. The summed E-state index contributed by atoms with van der Waals surface area (Å²) in [6.45, 7) is 5.01. The number of nitrogens with two attached hydrogens (primary N) is 1. The molecule has 0 saturated heterocycles. The van der Waals surface area contributed by atoms with Crippen LogP contribution < -0.4 is 5.73 Å². The third-order valence-corrected chi connectivity index (χ3v) is 4.26. The molecule has 1 rings (SSSR count). The third kappa shape index (κ3) is 3.95. The first-order valence-electron chi connectivity index (χ1n) is 6.38. The molecule has 0 fully saturated rings. The molecule has 0 saturated carbocycles. The van der Waals surface area contributed by atoms with Crippen LogP contribution in [0.4, 0.5) is 0 Å². The van der Waals surface area contributed by atoms with Crippen molar-refractivity contribution in [2.24, 2.45) is 5.73 Å². The van der Waals surface area contributed by atoms with Crippen molar-refractivity contribution in [3.05, 3.63) is 33.3 Å². The van der Waals surface area contributed by atoms with E-state index in [0.29, 0.717) is 12.6 Å². The van der Waals surface area contributed by atoms with E-state index in [9.17, 15) is 0 Å². The number of likely N-dealkylation sites (N-methyl/N-ethyl adjacent to an activating group) is 1. The molecule has 18 heavy (non-hydrogen) atoms. The molecule has 2 N–H and O–H groups in total. The molecule has 2 unspecified atom stereocenters. The number of halogens is 2. The highest BCUT2D eigenvalue weighted by molar-refractivity contribution is 9.10. The zero-order chi connectivity index (χ0) is 13.7. The van der Waals surface area contributed by atoms with Gasteiger partial charge in [-0.2, -0.15) is 0 Å². The van der Waals surface area contributed by atoms with Gasteiger partial charge in [0.1, 0.15) is 0 Å². The smallest absolute Gasteiger partial charge is 0.0484 e. The van der Waals surface area contributed by atoms with E-state index >= 15 is 0 Å². The summed E-state index contributed by atoms with van der Waals surface area (Å²) in [5.41, 5.74) is 7.04. The second-order valence-corrected chi connectivity index (χ2v) is 6.04. The van der Waals surface area contributed by atoms with Crippen LogP contribution in [0.25, 0.3) is 0 Å². The Balaban J connectivity index is 2.94. The van der Waals surface area contributed by atoms with Crippen LogP contribution in [-0.2, 0) is 0 Å². The summed E-state index contributed by atoms with van der Waals surface area (Å²) >= 11 is 9.75. The summed E-state index contributed by atoms with van der Waals surface area (Å²) in [6, 6.07) is 6.68. The Morgan fingerprint density at radius 3 is 2.61 bits per heavy atom. The van der Waals surface area contributed by atoms with Gasteiger partial charge in [0, 0.05) is 28.1 Å². The summed E-state index contributed by atoms with van der Waals surface area (Å²) in [6.07, 6.45) is 2.35. The van der Waals surface area contributed by atoms with Gasteiger partial charge in [0.15, 0.2) is 0 Å². The molecule has 2 atom stereocenters. The largest absolute Gasteiger partial charge is 0.329 e. The first kappa shape index (κ1) is 16.0. The van der Waals surface area contributed by atoms with Crippen LogP contribution in [0.5, 0.6) is 0 Å². The molecule has 1 aromatic carbocycles. The fourth-order valence-electron chi connectivity index (χ4n) is 2.21. The minimum Gasteiger partial charge on any atom is -0.329 e. The predicted molar refractivity (Wildman–Crippen MR) is 83.1 cm³/mol. The minimum atomic E-state index is 0.173. The molecule has 2 nitrogen and oxygen atoms in total. The van der Waals surface area contributed by atoms with Crippen LogP contribution in [-0.4, -0.2) is 24.5 Å². The lowest BCUT2D eigenvalue weighted by Gasteiger charge is -2.33. The maximum absolute atomic E-state index is 6.32. The summed E-state index contributed by atoms with van der Waals surface area (Å²) in [5.74, 6) is 0. The van der Waals surface area contributed by atoms with Gasteiger partial charge in [-0.05, 0) is 38.1 Å². The number of benzene rings is 1. The molecule has 0 aliphatic rings. The van der Waals surface area contributed by atoms with Crippen LogP contribution in [0.2, 0.25) is 5.02 Å². The van der Waals surface area contributed by atoms with Crippen molar-refractivity contribution in [1.29, 1.82) is 0 Å². The highest BCUT2D eigenvalue weighted by atomic mass is 79.9. The SMILES string of the molecule is CCCC(C)N(C)C(CN)c1ccc(Br)cc1Cl. The first-order valence-corrected chi connectivity index (χ1v) is 7.55. The van der Waals surface area contributed by atoms with E-state index in [2.05, 4.69) is 47.8 Å². The van der Waals surface area contributed by atoms with Crippen molar-refractivity contribution in [2.45, 2.75) is 38.8 Å². The van der Waals surface area contributed by atoms with Gasteiger partial charge in [0.05, 0.1) is 0 Å². The first-order chi connectivity index (χ1) is 8.51. The minimum absolute atomic E-state index is 0.173. The lowest BCUT2D eigenvalue weighted by atomic mass is 10.0. The van der Waals surface area contributed by atoms with Crippen LogP contribution in [0.3, 0.4) is 0 Å². The summed E-state index contributed by atoms with van der Waals surface area (Å²) in [5, 5.41) is 0.773. The molecule has 0 aromatic heterocycles. The topological polar surface area (TPSA) is 29.3 Å². The van der Waals surface area contributed by atoms with E-state index in [4.69, 9.17) is 17.3 Å². The second kappa shape index (κ2) is 7.49. The Kier molecular flexibility index (Phi) is 6.64. The van der Waals surface area contributed by atoms with E-state index in [1.165, 1.54) is 12.8 Å². The molecule has 0 heterocycles. The van der Waals surface area contributed by atoms with E-state index in [0.717, 1.165) is 15.1 Å². The van der Waals surface area contributed by atoms with Gasteiger partial charge < -0.3 is 5.73 Å². The van der Waals surface area contributed by atoms with Crippen molar-refractivity contribution in [1.82, 2.24) is 4.90 Å². The van der Waals surface area contributed by atoms with Crippen molar-refractivity contribution in [3.63, 3.8) is 0 Å². The molecule has 0 radical (unpaired) electrons. The lowest BCUT2D eigenvalue weighted by molar-refractivity contribution is 0.180. The zero-order valence-electron chi connectivity index (χ0n) is 11.3. The van der Waals surface area contributed by atoms with Crippen molar-refractivity contribution in [3.8, 4) is 0 Å².